The number of hydrogen-bond acceptors (Lipinski definition) is 5. The highest BCUT2D eigenvalue weighted by Gasteiger charge is 2.13. The van der Waals surface area contributed by atoms with Gasteiger partial charge in [0.1, 0.15) is 18.0 Å². The van der Waals surface area contributed by atoms with Crippen molar-refractivity contribution in [2.75, 3.05) is 36.3 Å². The Morgan fingerprint density at radius 2 is 1.81 bits per heavy atom. The Morgan fingerprint density at radius 3 is 2.56 bits per heavy atom. The molecule has 0 atom stereocenters. The van der Waals surface area contributed by atoms with Crippen molar-refractivity contribution in [1.29, 1.82) is 0 Å². The van der Waals surface area contributed by atoms with E-state index in [9.17, 15) is 8.78 Å². The molecule has 0 bridgehead atoms. The van der Waals surface area contributed by atoms with E-state index in [1.807, 2.05) is 0 Å². The summed E-state index contributed by atoms with van der Waals surface area (Å²) in [5, 5.41) is 6.91. The van der Waals surface area contributed by atoms with Crippen LogP contribution < -0.4 is 10.2 Å². The highest BCUT2D eigenvalue weighted by atomic mass is 19.1. The van der Waals surface area contributed by atoms with Gasteiger partial charge >= 0.3 is 0 Å². The predicted molar refractivity (Wildman–Crippen MR) is 101 cm³/mol. The molecule has 6 nitrogen and oxygen atoms in total. The SMILES string of the molecule is [2H]C1([2H])OC([2H])([2H])C([2H])([2H])N(c2cc(C)cc(Nc3ncn(-c4cc(F)cc(F)c4)n3)c2)C1([2H])[2H].[HH]. The van der Waals surface area contributed by atoms with Gasteiger partial charge < -0.3 is 15.0 Å². The van der Waals surface area contributed by atoms with Crippen molar-refractivity contribution in [3.8, 4) is 5.69 Å². The van der Waals surface area contributed by atoms with Gasteiger partial charge in [-0.2, -0.15) is 4.98 Å². The summed E-state index contributed by atoms with van der Waals surface area (Å²) in [7, 11) is 0. The maximum atomic E-state index is 13.5. The first-order chi connectivity index (χ1) is 16.0. The van der Waals surface area contributed by atoms with Gasteiger partial charge in [-0.25, -0.2) is 13.5 Å². The van der Waals surface area contributed by atoms with Crippen LogP contribution in [-0.2, 0) is 4.74 Å². The van der Waals surface area contributed by atoms with Crippen LogP contribution in [0.4, 0.5) is 26.1 Å². The van der Waals surface area contributed by atoms with Crippen LogP contribution in [0.3, 0.4) is 0 Å². The summed E-state index contributed by atoms with van der Waals surface area (Å²) in [6.45, 7) is -11.0. The number of morpholine rings is 1. The quantitative estimate of drug-likeness (QED) is 0.747. The van der Waals surface area contributed by atoms with Crippen LogP contribution >= 0.6 is 0 Å². The van der Waals surface area contributed by atoms with Crippen LogP contribution in [0.5, 0.6) is 0 Å². The summed E-state index contributed by atoms with van der Waals surface area (Å²) in [6.07, 6.45) is 1.20. The largest absolute Gasteiger partial charge is 0.378 e. The average molecular weight is 381 g/mol. The zero-order valence-electron chi connectivity index (χ0n) is 22.0. The van der Waals surface area contributed by atoms with Crippen LogP contribution in [0.15, 0.2) is 42.7 Å². The van der Waals surface area contributed by atoms with Gasteiger partial charge in [-0.15, -0.1) is 5.10 Å². The van der Waals surface area contributed by atoms with E-state index >= 15 is 0 Å². The van der Waals surface area contributed by atoms with Gasteiger partial charge in [0.05, 0.1) is 29.8 Å². The molecule has 1 aromatic heterocycles. The van der Waals surface area contributed by atoms with Crippen molar-refractivity contribution < 1.29 is 25.9 Å². The van der Waals surface area contributed by atoms with Crippen molar-refractivity contribution in [3.63, 3.8) is 0 Å². The summed E-state index contributed by atoms with van der Waals surface area (Å²) in [6, 6.07) is 7.03. The second kappa shape index (κ2) is 7.32. The maximum absolute atomic E-state index is 13.5. The lowest BCUT2D eigenvalue weighted by Gasteiger charge is -2.29. The number of halogens is 2. The first-order valence-electron chi connectivity index (χ1n) is 11.8. The van der Waals surface area contributed by atoms with Crippen LogP contribution in [0.25, 0.3) is 5.69 Å². The monoisotopic (exact) mass is 381 g/mol. The number of benzene rings is 2. The van der Waals surface area contributed by atoms with Crippen molar-refractivity contribution >= 4 is 17.3 Å². The van der Waals surface area contributed by atoms with Crippen LogP contribution in [0, 0.1) is 18.6 Å². The molecule has 0 radical (unpaired) electrons. The van der Waals surface area contributed by atoms with Gasteiger partial charge in [0.15, 0.2) is 0 Å². The van der Waals surface area contributed by atoms with Crippen molar-refractivity contribution in [1.82, 2.24) is 14.8 Å². The molecule has 2 heterocycles. The van der Waals surface area contributed by atoms with Gasteiger partial charge in [0, 0.05) is 31.9 Å². The normalized spacial score (nSPS) is 26.3. The Kier molecular flexibility index (Phi) is 2.81. The standard InChI is InChI=1S/C19H19F2N5O.H2/c1-13-6-16(11-17(7-13)25-2-4-27-5-3-25)23-19-22-12-26(24-19)18-9-14(20)8-15(21)10-18;/h6-12H,2-5H2,1H3,(H,23,24);1H/i2D2,3D2,4D2,5D2;. The van der Waals surface area contributed by atoms with Crippen molar-refractivity contribution in [2.24, 2.45) is 0 Å². The zero-order valence-corrected chi connectivity index (χ0v) is 14.0. The van der Waals surface area contributed by atoms with Gasteiger partial charge in [-0.1, -0.05) is 0 Å². The molecule has 27 heavy (non-hydrogen) atoms. The van der Waals surface area contributed by atoms with E-state index in [0.717, 1.165) is 16.8 Å². The van der Waals surface area contributed by atoms with E-state index in [2.05, 4.69) is 20.1 Å². The number of anilines is 3. The zero-order chi connectivity index (χ0) is 26.0. The number of aromatic nitrogens is 3. The van der Waals surface area contributed by atoms with Crippen molar-refractivity contribution in [2.45, 2.75) is 6.92 Å². The molecule has 8 heteroatoms. The van der Waals surface area contributed by atoms with Crippen LogP contribution in [0.1, 0.15) is 18.0 Å². The Labute approximate surface area is 168 Å². The minimum absolute atomic E-state index is 0. The van der Waals surface area contributed by atoms with Crippen LogP contribution in [-0.4, -0.2) is 40.9 Å². The molecule has 4 rings (SSSR count). The first-order valence-corrected chi connectivity index (χ1v) is 7.81. The minimum atomic E-state index is -3.19. The molecule has 1 N–H and O–H groups in total. The maximum Gasteiger partial charge on any atom is 0.246 e. The lowest BCUT2D eigenvalue weighted by atomic mass is 10.1. The Morgan fingerprint density at radius 1 is 1.07 bits per heavy atom. The predicted octanol–water partition coefficient (Wildman–Crippen LogP) is 3.68. The van der Waals surface area contributed by atoms with Gasteiger partial charge in [0.25, 0.3) is 0 Å². The fourth-order valence-corrected chi connectivity index (χ4v) is 2.53. The topological polar surface area (TPSA) is 55.2 Å². The summed E-state index contributed by atoms with van der Waals surface area (Å²) in [5.41, 5.74) is 0.635. The molecule has 0 spiro atoms. The number of aryl methyl sites for hydroxylation is 1. The molecule has 0 unspecified atom stereocenters. The van der Waals surface area contributed by atoms with Gasteiger partial charge in [-0.05, 0) is 42.8 Å². The molecular formula is C19H21F2N5O. The van der Waals surface area contributed by atoms with Crippen LogP contribution in [0.2, 0.25) is 0 Å². The molecular weight excluding hydrogens is 352 g/mol. The third-order valence-electron chi connectivity index (χ3n) is 3.60. The number of nitrogens with one attached hydrogen (secondary N) is 1. The molecule has 0 saturated carbocycles. The van der Waals surface area contributed by atoms with E-state index in [1.54, 1.807) is 13.0 Å². The number of nitrogens with zero attached hydrogens (tertiary/aromatic N) is 4. The van der Waals surface area contributed by atoms with E-state index < -0.39 is 37.7 Å². The third kappa shape index (κ3) is 4.06. The molecule has 0 aliphatic carbocycles. The molecule has 0 amide bonds. The average Bonchev–Trinajstić information content (AvgIpc) is 3.13. The summed E-state index contributed by atoms with van der Waals surface area (Å²) in [5.74, 6) is -1.62. The van der Waals surface area contributed by atoms with E-state index in [1.165, 1.54) is 18.5 Å². The Balaban J connectivity index is 0.00000361. The van der Waals surface area contributed by atoms with E-state index in [4.69, 9.17) is 11.0 Å². The van der Waals surface area contributed by atoms with E-state index in [0.29, 0.717) is 16.5 Å². The summed E-state index contributed by atoms with van der Waals surface area (Å²) >= 11 is 0. The third-order valence-corrected chi connectivity index (χ3v) is 3.60. The summed E-state index contributed by atoms with van der Waals surface area (Å²) in [4.78, 5) is 4.38. The van der Waals surface area contributed by atoms with E-state index in [-0.39, 0.29) is 24.4 Å². The first kappa shape index (κ1) is 10.4. The highest BCUT2D eigenvalue weighted by molar-refractivity contribution is 5.64. The fraction of sp³-hybridized carbons (Fsp3) is 0.263. The Hall–Kier alpha value is -3.00. The molecule has 1 aliphatic rings. The number of ether oxygens (including phenoxy) is 1. The van der Waals surface area contributed by atoms with Gasteiger partial charge in [-0.3, -0.25) is 0 Å². The smallest absolute Gasteiger partial charge is 0.246 e. The molecule has 3 aromatic rings. The highest BCUT2D eigenvalue weighted by Crippen LogP contribution is 2.25. The number of hydrogen-bond donors (Lipinski definition) is 1. The second-order valence-corrected chi connectivity index (χ2v) is 5.69. The number of rotatable bonds is 4. The molecule has 1 fully saturated rings. The van der Waals surface area contributed by atoms with Gasteiger partial charge in [0.2, 0.25) is 5.95 Å². The van der Waals surface area contributed by atoms with Crippen molar-refractivity contribution in [3.05, 3.63) is 59.9 Å². The lowest BCUT2D eigenvalue weighted by Crippen LogP contribution is -2.36. The molecule has 1 saturated heterocycles. The molecule has 2 aromatic carbocycles. The molecule has 1 aliphatic heterocycles. The second-order valence-electron chi connectivity index (χ2n) is 5.69. The Bertz CT molecular complexity index is 1240. The fourth-order valence-electron chi connectivity index (χ4n) is 2.53. The summed E-state index contributed by atoms with van der Waals surface area (Å²) < 4.78 is 97.1. The minimum Gasteiger partial charge on any atom is -0.378 e. The lowest BCUT2D eigenvalue weighted by molar-refractivity contribution is 0.122. The molecule has 142 valence electrons.